The molecule has 1 unspecified atom stereocenters. The molecule has 1 aromatic rings. The van der Waals surface area contributed by atoms with Gasteiger partial charge in [0.1, 0.15) is 5.82 Å². The first-order valence-electron chi connectivity index (χ1n) is 4.20. The molecule has 13 heavy (non-hydrogen) atoms. The second kappa shape index (κ2) is 4.19. The fourth-order valence-electron chi connectivity index (χ4n) is 1.17. The van der Waals surface area contributed by atoms with Crippen molar-refractivity contribution in [1.82, 2.24) is 0 Å². The lowest BCUT2D eigenvalue weighted by atomic mass is 9.99. The lowest BCUT2D eigenvalue weighted by Crippen LogP contribution is -1.93. The van der Waals surface area contributed by atoms with Crippen LogP contribution in [0.2, 0.25) is 0 Å². The number of rotatable bonds is 3. The molecule has 70 valence electrons. The Hall–Kier alpha value is -1.15. The van der Waals surface area contributed by atoms with Gasteiger partial charge in [0, 0.05) is 0 Å². The van der Waals surface area contributed by atoms with Gasteiger partial charge in [-0.15, -0.1) is 6.58 Å². The van der Waals surface area contributed by atoms with Crippen molar-refractivity contribution < 1.29 is 9.50 Å². The number of aliphatic hydroxyl groups excluding tert-OH is 1. The van der Waals surface area contributed by atoms with E-state index in [1.807, 2.05) is 6.92 Å². The summed E-state index contributed by atoms with van der Waals surface area (Å²) in [5.74, 6) is -0.198. The van der Waals surface area contributed by atoms with Crippen molar-refractivity contribution in [3.63, 3.8) is 0 Å². The van der Waals surface area contributed by atoms with Crippen LogP contribution in [0, 0.1) is 5.82 Å². The minimum absolute atomic E-state index is 0.112. The second-order valence-electron chi connectivity index (χ2n) is 3.08. The van der Waals surface area contributed by atoms with Crippen LogP contribution in [-0.2, 0) is 6.61 Å². The highest BCUT2D eigenvalue weighted by Crippen LogP contribution is 2.19. The van der Waals surface area contributed by atoms with Crippen molar-refractivity contribution in [3.8, 4) is 0 Å². The molecule has 0 aliphatic heterocycles. The van der Waals surface area contributed by atoms with Crippen LogP contribution in [-0.4, -0.2) is 5.11 Å². The van der Waals surface area contributed by atoms with Crippen LogP contribution in [0.1, 0.15) is 24.0 Å². The second-order valence-corrected chi connectivity index (χ2v) is 3.08. The number of allylic oxidation sites excluding steroid dienone is 1. The monoisotopic (exact) mass is 180 g/mol. The predicted octanol–water partition coefficient (Wildman–Crippen LogP) is 2.61. The van der Waals surface area contributed by atoms with E-state index in [9.17, 15) is 4.39 Å². The summed E-state index contributed by atoms with van der Waals surface area (Å²) in [7, 11) is 0. The van der Waals surface area contributed by atoms with Crippen LogP contribution >= 0.6 is 0 Å². The van der Waals surface area contributed by atoms with E-state index in [1.165, 1.54) is 12.1 Å². The molecule has 0 aromatic heterocycles. The number of hydrogen-bond acceptors (Lipinski definition) is 1. The Kier molecular flexibility index (Phi) is 3.20. The average molecular weight is 180 g/mol. The molecule has 0 fully saturated rings. The van der Waals surface area contributed by atoms with E-state index >= 15 is 0 Å². The summed E-state index contributed by atoms with van der Waals surface area (Å²) >= 11 is 0. The maximum atomic E-state index is 13.0. The molecule has 0 aliphatic rings. The SMILES string of the molecule is C=CC(C)c1cc(F)cc(CO)c1. The summed E-state index contributed by atoms with van der Waals surface area (Å²) in [5.41, 5.74) is 1.45. The Bertz CT molecular complexity index is 307. The van der Waals surface area contributed by atoms with Gasteiger partial charge < -0.3 is 5.11 Å². The minimum Gasteiger partial charge on any atom is -0.392 e. The van der Waals surface area contributed by atoms with Gasteiger partial charge in [-0.2, -0.15) is 0 Å². The van der Waals surface area contributed by atoms with Crippen molar-refractivity contribution in [2.75, 3.05) is 0 Å². The quantitative estimate of drug-likeness (QED) is 0.709. The molecule has 1 nitrogen and oxygen atoms in total. The molecule has 0 amide bonds. The van der Waals surface area contributed by atoms with Crippen LogP contribution in [0.5, 0.6) is 0 Å². The third-order valence-corrected chi connectivity index (χ3v) is 2.04. The molecule has 0 radical (unpaired) electrons. The maximum Gasteiger partial charge on any atom is 0.123 e. The fraction of sp³-hybridized carbons (Fsp3) is 0.273. The smallest absolute Gasteiger partial charge is 0.123 e. The standard InChI is InChI=1S/C11H13FO/c1-3-8(2)10-4-9(7-13)5-11(12)6-10/h3-6,8,13H,1,7H2,2H3. The van der Waals surface area contributed by atoms with Crippen LogP contribution in [0.25, 0.3) is 0 Å². The summed E-state index contributed by atoms with van der Waals surface area (Å²) in [6.07, 6.45) is 1.75. The summed E-state index contributed by atoms with van der Waals surface area (Å²) < 4.78 is 13.0. The van der Waals surface area contributed by atoms with E-state index in [0.29, 0.717) is 5.56 Å². The minimum atomic E-state index is -0.310. The number of aliphatic hydroxyl groups is 1. The van der Waals surface area contributed by atoms with Gasteiger partial charge in [0.25, 0.3) is 0 Å². The number of hydrogen-bond donors (Lipinski definition) is 1. The highest BCUT2D eigenvalue weighted by Gasteiger charge is 2.04. The zero-order valence-corrected chi connectivity index (χ0v) is 7.63. The highest BCUT2D eigenvalue weighted by atomic mass is 19.1. The normalized spacial score (nSPS) is 12.5. The molecule has 2 heteroatoms. The van der Waals surface area contributed by atoms with Gasteiger partial charge in [-0.05, 0) is 29.2 Å². The van der Waals surface area contributed by atoms with Crippen molar-refractivity contribution >= 4 is 0 Å². The van der Waals surface area contributed by atoms with Gasteiger partial charge in [0.2, 0.25) is 0 Å². The van der Waals surface area contributed by atoms with Gasteiger partial charge in [0.15, 0.2) is 0 Å². The average Bonchev–Trinajstić information content (AvgIpc) is 2.15. The first-order chi connectivity index (χ1) is 6.17. The maximum absolute atomic E-state index is 13.0. The molecule has 1 N–H and O–H groups in total. The molecule has 1 aromatic carbocycles. The lowest BCUT2D eigenvalue weighted by Gasteiger charge is -2.08. The van der Waals surface area contributed by atoms with E-state index in [1.54, 1.807) is 12.1 Å². The summed E-state index contributed by atoms with van der Waals surface area (Å²) in [6.45, 7) is 5.44. The Labute approximate surface area is 77.5 Å². The molecule has 1 rings (SSSR count). The Morgan fingerprint density at radius 2 is 2.23 bits per heavy atom. The molecule has 0 spiro atoms. The van der Waals surface area contributed by atoms with E-state index in [-0.39, 0.29) is 18.3 Å². The van der Waals surface area contributed by atoms with E-state index in [4.69, 9.17) is 5.11 Å². The van der Waals surface area contributed by atoms with Gasteiger partial charge in [-0.25, -0.2) is 4.39 Å². The first kappa shape index (κ1) is 9.93. The fourth-order valence-corrected chi connectivity index (χ4v) is 1.17. The molecule has 1 atom stereocenters. The molecule has 0 bridgehead atoms. The third kappa shape index (κ3) is 2.39. The van der Waals surface area contributed by atoms with E-state index in [2.05, 4.69) is 6.58 Å². The van der Waals surface area contributed by atoms with Crippen LogP contribution in [0.3, 0.4) is 0 Å². The largest absolute Gasteiger partial charge is 0.392 e. The van der Waals surface area contributed by atoms with E-state index in [0.717, 1.165) is 5.56 Å². The van der Waals surface area contributed by atoms with Crippen molar-refractivity contribution in [2.45, 2.75) is 19.4 Å². The zero-order valence-electron chi connectivity index (χ0n) is 7.63. The Morgan fingerprint density at radius 1 is 1.54 bits per heavy atom. The van der Waals surface area contributed by atoms with Crippen LogP contribution < -0.4 is 0 Å². The molecular weight excluding hydrogens is 167 g/mol. The number of halogens is 1. The van der Waals surface area contributed by atoms with Crippen LogP contribution in [0.15, 0.2) is 30.9 Å². The van der Waals surface area contributed by atoms with Crippen molar-refractivity contribution in [3.05, 3.63) is 47.8 Å². The third-order valence-electron chi connectivity index (χ3n) is 2.04. The summed E-state index contributed by atoms with van der Waals surface area (Å²) in [6, 6.07) is 4.58. The van der Waals surface area contributed by atoms with Crippen molar-refractivity contribution in [1.29, 1.82) is 0 Å². The molecule has 0 saturated carbocycles. The van der Waals surface area contributed by atoms with Gasteiger partial charge in [-0.3, -0.25) is 0 Å². The number of benzene rings is 1. The zero-order chi connectivity index (χ0) is 9.84. The lowest BCUT2D eigenvalue weighted by molar-refractivity contribution is 0.281. The molecule has 0 heterocycles. The Balaban J connectivity index is 3.07. The molecular formula is C11H13FO. The van der Waals surface area contributed by atoms with Crippen LogP contribution in [0.4, 0.5) is 4.39 Å². The van der Waals surface area contributed by atoms with Gasteiger partial charge >= 0.3 is 0 Å². The summed E-state index contributed by atoms with van der Waals surface area (Å²) in [4.78, 5) is 0. The Morgan fingerprint density at radius 3 is 2.77 bits per heavy atom. The highest BCUT2D eigenvalue weighted by molar-refractivity contribution is 5.28. The molecule has 0 aliphatic carbocycles. The molecule has 0 saturated heterocycles. The first-order valence-corrected chi connectivity index (χ1v) is 4.20. The summed E-state index contributed by atoms with van der Waals surface area (Å²) in [5, 5.41) is 8.85. The van der Waals surface area contributed by atoms with Gasteiger partial charge in [-0.1, -0.05) is 19.1 Å². The predicted molar refractivity (Wildman–Crippen MR) is 50.9 cm³/mol. The van der Waals surface area contributed by atoms with Gasteiger partial charge in [0.05, 0.1) is 6.61 Å². The van der Waals surface area contributed by atoms with E-state index < -0.39 is 0 Å². The van der Waals surface area contributed by atoms with Crippen molar-refractivity contribution in [2.24, 2.45) is 0 Å². The topological polar surface area (TPSA) is 20.2 Å².